The molecule has 0 bridgehead atoms. The first kappa shape index (κ1) is 18.1. The van der Waals surface area contributed by atoms with Gasteiger partial charge in [0.2, 0.25) is 5.91 Å². The van der Waals surface area contributed by atoms with Gasteiger partial charge < -0.3 is 5.73 Å². The van der Waals surface area contributed by atoms with Crippen molar-refractivity contribution in [3.63, 3.8) is 0 Å². The highest BCUT2D eigenvalue weighted by atomic mass is 35.5. The molecule has 0 saturated carbocycles. The van der Waals surface area contributed by atoms with Crippen LogP contribution in [0.25, 0.3) is 0 Å². The Labute approximate surface area is 133 Å². The van der Waals surface area contributed by atoms with Crippen molar-refractivity contribution < 1.29 is 13.8 Å². The van der Waals surface area contributed by atoms with E-state index < -0.39 is 27.8 Å². The van der Waals surface area contributed by atoms with Crippen LogP contribution in [0.4, 0.5) is 0 Å². The number of rotatable bonds is 5. The van der Waals surface area contributed by atoms with Crippen molar-refractivity contribution in [2.24, 2.45) is 16.0 Å². The van der Waals surface area contributed by atoms with Gasteiger partial charge in [-0.1, -0.05) is 25.4 Å². The molecule has 1 aromatic heterocycles. The van der Waals surface area contributed by atoms with E-state index in [1.165, 1.54) is 18.4 Å². The van der Waals surface area contributed by atoms with E-state index in [1.54, 1.807) is 0 Å². The molecule has 0 radical (unpaired) electrons. The average molecular weight is 352 g/mol. The molecule has 0 aliphatic rings. The summed E-state index contributed by atoms with van der Waals surface area (Å²) in [6.45, 7) is 5.02. The summed E-state index contributed by atoms with van der Waals surface area (Å²) in [5, 5.41) is 1.49. The fourth-order valence-corrected chi connectivity index (χ4v) is 4.44. The minimum absolute atomic E-state index is 0.192. The van der Waals surface area contributed by atoms with Crippen LogP contribution in [0.15, 0.2) is 20.7 Å². The lowest BCUT2D eigenvalue weighted by Gasteiger charge is -2.12. The summed E-state index contributed by atoms with van der Waals surface area (Å²) in [4.78, 5) is 23.4. The molecular weight excluding hydrogens is 334 g/mol. The van der Waals surface area contributed by atoms with Crippen LogP contribution in [0.5, 0.6) is 0 Å². The molecule has 0 fully saturated rings. The molecule has 118 valence electrons. The summed E-state index contributed by atoms with van der Waals surface area (Å²) in [5.74, 6) is -1.06. The summed E-state index contributed by atoms with van der Waals surface area (Å²) in [5.41, 5.74) is 5.73. The molecule has 2 atom stereocenters. The maximum atomic E-state index is 12.8. The van der Waals surface area contributed by atoms with E-state index in [4.69, 9.17) is 17.3 Å². The largest absolute Gasteiger partial charge is 0.320 e. The van der Waals surface area contributed by atoms with E-state index in [0.29, 0.717) is 10.8 Å². The zero-order valence-electron chi connectivity index (χ0n) is 12.0. The van der Waals surface area contributed by atoms with E-state index in [1.807, 2.05) is 13.8 Å². The number of nitrogens with two attached hydrogens (primary N) is 1. The highest BCUT2D eigenvalue weighted by molar-refractivity contribution is 7.92. The Hall–Kier alpha value is -0.960. The van der Waals surface area contributed by atoms with Gasteiger partial charge in [0.25, 0.3) is 5.91 Å². The van der Waals surface area contributed by atoms with E-state index in [-0.39, 0.29) is 10.8 Å². The lowest BCUT2D eigenvalue weighted by Crippen LogP contribution is -2.34. The lowest BCUT2D eigenvalue weighted by atomic mass is 10.0. The molecule has 6 nitrogen and oxygen atoms in total. The molecule has 1 aromatic rings. The topological polar surface area (TPSA) is 102 Å². The second-order valence-corrected chi connectivity index (χ2v) is 8.39. The number of carbonyl (C=O) groups excluding carboxylic acids is 2. The number of amides is 2. The zero-order valence-corrected chi connectivity index (χ0v) is 14.3. The summed E-state index contributed by atoms with van der Waals surface area (Å²) in [6.07, 6.45) is 0.419. The average Bonchev–Trinajstić information content (AvgIpc) is 2.74. The van der Waals surface area contributed by atoms with Gasteiger partial charge in [-0.2, -0.15) is 0 Å². The molecule has 1 rings (SSSR count). The van der Waals surface area contributed by atoms with Crippen molar-refractivity contribution in [2.75, 3.05) is 0 Å². The molecule has 3 N–H and O–H groups in total. The predicted molar refractivity (Wildman–Crippen MR) is 84.4 cm³/mol. The van der Waals surface area contributed by atoms with Crippen molar-refractivity contribution in [1.29, 1.82) is 0 Å². The van der Waals surface area contributed by atoms with Gasteiger partial charge in [-0.15, -0.1) is 15.7 Å². The summed E-state index contributed by atoms with van der Waals surface area (Å²) < 4.78 is 19.1. The van der Waals surface area contributed by atoms with Crippen molar-refractivity contribution in [3.8, 4) is 0 Å². The predicted octanol–water partition coefficient (Wildman–Crippen LogP) is 2.18. The Morgan fingerprint density at radius 2 is 2.14 bits per heavy atom. The van der Waals surface area contributed by atoms with Crippen molar-refractivity contribution in [3.05, 3.63) is 15.8 Å². The Balaban J connectivity index is 3.19. The van der Waals surface area contributed by atoms with Gasteiger partial charge in [0.05, 0.1) is 15.3 Å². The van der Waals surface area contributed by atoms with Crippen LogP contribution in [0.2, 0.25) is 4.34 Å². The third-order valence-corrected chi connectivity index (χ3v) is 5.52. The maximum Gasteiger partial charge on any atom is 0.272 e. The first-order valence-corrected chi connectivity index (χ1v) is 9.00. The standard InChI is InChI=1S/C12H18ClN3O3S2/c1-7(2)4-10(14)12(18)16-21(19,15-8(3)17)9-5-11(13)20-6-9/h5-7,10H,4,14H2,1-3H3,(H,15,16,17,18,19)/t10-,21?/m0/s1. The first-order chi connectivity index (χ1) is 9.64. The molecule has 0 aromatic carbocycles. The monoisotopic (exact) mass is 351 g/mol. The molecule has 2 amide bonds. The van der Waals surface area contributed by atoms with Crippen LogP contribution in [-0.4, -0.2) is 22.1 Å². The van der Waals surface area contributed by atoms with Crippen LogP contribution >= 0.6 is 22.9 Å². The number of halogens is 1. The highest BCUT2D eigenvalue weighted by Crippen LogP contribution is 2.24. The van der Waals surface area contributed by atoms with Gasteiger partial charge in [0, 0.05) is 12.3 Å². The second kappa shape index (κ2) is 7.35. The number of hydrogen-bond donors (Lipinski definition) is 2. The van der Waals surface area contributed by atoms with Crippen LogP contribution in [0.3, 0.4) is 0 Å². The van der Waals surface area contributed by atoms with Gasteiger partial charge in [-0.05, 0) is 18.4 Å². The quantitative estimate of drug-likeness (QED) is 0.848. The molecule has 1 unspecified atom stereocenters. The Morgan fingerprint density at radius 1 is 1.52 bits per heavy atom. The summed E-state index contributed by atoms with van der Waals surface area (Å²) >= 11 is 6.94. The second-order valence-electron chi connectivity index (χ2n) is 4.94. The van der Waals surface area contributed by atoms with Crippen LogP contribution in [-0.2, 0) is 19.5 Å². The van der Waals surface area contributed by atoms with Crippen molar-refractivity contribution >= 4 is 44.7 Å². The first-order valence-electron chi connectivity index (χ1n) is 6.23. The Bertz CT molecular complexity index is 648. The normalized spacial score (nSPS) is 15.3. The number of thiophene rings is 1. The minimum atomic E-state index is -3.40. The third kappa shape index (κ3) is 5.39. The van der Waals surface area contributed by atoms with Gasteiger partial charge >= 0.3 is 0 Å². The smallest absolute Gasteiger partial charge is 0.272 e. The molecule has 0 spiro atoms. The zero-order chi connectivity index (χ0) is 16.2. The van der Waals surface area contributed by atoms with Crippen LogP contribution in [0.1, 0.15) is 27.2 Å². The molecule has 9 heteroatoms. The molecular formula is C12H18ClN3O3S2. The number of carbonyl (C=O) groups is 2. The van der Waals surface area contributed by atoms with E-state index in [9.17, 15) is 13.8 Å². The number of nitrogens with zero attached hydrogens (tertiary/aromatic N) is 1. The van der Waals surface area contributed by atoms with E-state index in [0.717, 1.165) is 11.3 Å². The van der Waals surface area contributed by atoms with Crippen molar-refractivity contribution in [2.45, 2.75) is 38.1 Å². The van der Waals surface area contributed by atoms with Gasteiger partial charge in [0.1, 0.15) is 0 Å². The lowest BCUT2D eigenvalue weighted by molar-refractivity contribution is -0.119. The van der Waals surface area contributed by atoms with E-state index in [2.05, 4.69) is 9.08 Å². The van der Waals surface area contributed by atoms with Crippen LogP contribution < -0.4 is 10.5 Å². The third-order valence-electron chi connectivity index (χ3n) is 2.41. The van der Waals surface area contributed by atoms with Gasteiger partial charge in [0.15, 0.2) is 9.92 Å². The number of nitrogens with one attached hydrogen (secondary N) is 1. The fourth-order valence-electron chi connectivity index (χ4n) is 1.57. The number of hydrogen-bond acceptors (Lipinski definition) is 5. The molecule has 0 saturated heterocycles. The maximum absolute atomic E-state index is 12.8. The molecule has 0 aliphatic carbocycles. The van der Waals surface area contributed by atoms with Crippen molar-refractivity contribution in [1.82, 2.24) is 4.72 Å². The van der Waals surface area contributed by atoms with Gasteiger partial charge in [-0.25, -0.2) is 4.21 Å². The molecule has 0 aliphatic heterocycles. The SMILES string of the molecule is CC(=O)NS(=O)(=NC(=O)[C@@H](N)CC(C)C)c1csc(Cl)c1. The summed E-state index contributed by atoms with van der Waals surface area (Å²) in [7, 11) is -3.40. The fraction of sp³-hybridized carbons (Fsp3) is 0.500. The summed E-state index contributed by atoms with van der Waals surface area (Å²) in [6, 6.07) is 0.559. The molecule has 1 heterocycles. The highest BCUT2D eigenvalue weighted by Gasteiger charge is 2.22. The van der Waals surface area contributed by atoms with Crippen LogP contribution in [0, 0.1) is 5.92 Å². The van der Waals surface area contributed by atoms with E-state index >= 15 is 0 Å². The van der Waals surface area contributed by atoms with Gasteiger partial charge in [-0.3, -0.25) is 14.3 Å². The Kier molecular flexibility index (Phi) is 6.33. The minimum Gasteiger partial charge on any atom is -0.320 e. The molecule has 21 heavy (non-hydrogen) atoms. The Morgan fingerprint density at radius 3 is 2.57 bits per heavy atom.